The highest BCUT2D eigenvalue weighted by atomic mass is 28.1. The van der Waals surface area contributed by atoms with Gasteiger partial charge in [0, 0.05) is 27.8 Å². The molecule has 4 nitrogen and oxygen atoms in total. The van der Waals surface area contributed by atoms with Crippen molar-refractivity contribution in [1.82, 2.24) is 5.32 Å². The summed E-state index contributed by atoms with van der Waals surface area (Å²) in [7, 11) is 5.87. The standard InChI is InChI=1S/C10H25NO3Si/c1-5-6-7-11-9(12-2)8-10(15,13-3)14-4/h9,11H,5-8H2,1-4,15H3. The molecule has 0 aliphatic heterocycles. The third kappa shape index (κ3) is 6.27. The number of unbranched alkanes of at least 4 members (excludes halogenated alkanes) is 1. The monoisotopic (exact) mass is 235 g/mol. The molecule has 0 aromatic rings. The van der Waals surface area contributed by atoms with Crippen molar-refractivity contribution in [3.05, 3.63) is 0 Å². The van der Waals surface area contributed by atoms with Crippen LogP contribution >= 0.6 is 0 Å². The predicted molar refractivity (Wildman–Crippen MR) is 65.0 cm³/mol. The van der Waals surface area contributed by atoms with Crippen molar-refractivity contribution in [2.24, 2.45) is 0 Å². The first-order chi connectivity index (χ1) is 7.11. The second kappa shape index (κ2) is 8.24. The quantitative estimate of drug-likeness (QED) is 0.348. The van der Waals surface area contributed by atoms with Crippen LogP contribution < -0.4 is 5.32 Å². The van der Waals surface area contributed by atoms with Crippen molar-refractivity contribution >= 4 is 10.2 Å². The van der Waals surface area contributed by atoms with Crippen LogP contribution in [0, 0.1) is 0 Å². The molecular weight excluding hydrogens is 210 g/mol. The van der Waals surface area contributed by atoms with Gasteiger partial charge in [0.15, 0.2) is 0 Å². The molecule has 15 heavy (non-hydrogen) atoms. The van der Waals surface area contributed by atoms with E-state index in [0.29, 0.717) is 0 Å². The Morgan fingerprint density at radius 3 is 2.27 bits per heavy atom. The van der Waals surface area contributed by atoms with E-state index < -0.39 is 5.41 Å². The molecule has 0 saturated carbocycles. The number of nitrogens with one attached hydrogen (secondary N) is 1. The summed E-state index contributed by atoms with van der Waals surface area (Å²) in [6.07, 6.45) is 3.08. The van der Waals surface area contributed by atoms with Gasteiger partial charge in [-0.15, -0.1) is 0 Å². The van der Waals surface area contributed by atoms with Crippen LogP contribution in [-0.4, -0.2) is 49.8 Å². The minimum Gasteiger partial charge on any atom is -0.366 e. The molecule has 0 radical (unpaired) electrons. The zero-order valence-corrected chi connectivity index (χ0v) is 12.6. The predicted octanol–water partition coefficient (Wildman–Crippen LogP) is 0.0507. The number of methoxy groups -OCH3 is 3. The Balaban J connectivity index is 3.95. The van der Waals surface area contributed by atoms with E-state index in [9.17, 15) is 0 Å². The molecule has 0 heterocycles. The molecule has 1 unspecified atom stereocenters. The zero-order chi connectivity index (χ0) is 11.7. The minimum absolute atomic E-state index is 0.00829. The van der Waals surface area contributed by atoms with E-state index in [0.717, 1.165) is 29.6 Å². The van der Waals surface area contributed by atoms with Crippen molar-refractivity contribution in [3.8, 4) is 0 Å². The fourth-order valence-corrected chi connectivity index (χ4v) is 1.64. The SMILES string of the molecule is CCCCNC(CC([SiH3])(OC)OC)OC. The van der Waals surface area contributed by atoms with E-state index in [2.05, 4.69) is 12.2 Å². The van der Waals surface area contributed by atoms with Crippen LogP contribution in [0.15, 0.2) is 0 Å². The van der Waals surface area contributed by atoms with E-state index in [1.54, 1.807) is 21.3 Å². The van der Waals surface area contributed by atoms with E-state index in [1.165, 1.54) is 6.42 Å². The fraction of sp³-hybridized carbons (Fsp3) is 1.00. The first-order valence-electron chi connectivity index (χ1n) is 5.48. The van der Waals surface area contributed by atoms with Gasteiger partial charge in [-0.2, -0.15) is 0 Å². The molecule has 0 bridgehead atoms. The highest BCUT2D eigenvalue weighted by Gasteiger charge is 2.26. The van der Waals surface area contributed by atoms with E-state index in [1.807, 2.05) is 0 Å². The largest absolute Gasteiger partial charge is 0.366 e. The van der Waals surface area contributed by atoms with Crippen LogP contribution in [0.4, 0.5) is 0 Å². The van der Waals surface area contributed by atoms with Crippen LogP contribution in [0.5, 0.6) is 0 Å². The average molecular weight is 235 g/mol. The molecule has 0 aliphatic rings. The Hall–Kier alpha value is 0.0569. The van der Waals surface area contributed by atoms with Gasteiger partial charge < -0.3 is 14.2 Å². The maximum atomic E-state index is 5.35. The van der Waals surface area contributed by atoms with Gasteiger partial charge in [0.05, 0.1) is 10.2 Å². The van der Waals surface area contributed by atoms with E-state index in [-0.39, 0.29) is 6.23 Å². The number of rotatable bonds is 9. The molecule has 0 aromatic heterocycles. The molecule has 0 fully saturated rings. The number of hydrogen-bond acceptors (Lipinski definition) is 4. The van der Waals surface area contributed by atoms with Crippen LogP contribution in [0.3, 0.4) is 0 Å². The van der Waals surface area contributed by atoms with Gasteiger partial charge in [0.2, 0.25) is 0 Å². The van der Waals surface area contributed by atoms with Crippen LogP contribution in [0.1, 0.15) is 26.2 Å². The molecule has 0 aliphatic carbocycles. The minimum atomic E-state index is -0.445. The Kier molecular flexibility index (Phi) is 8.27. The van der Waals surface area contributed by atoms with E-state index >= 15 is 0 Å². The third-order valence-corrected chi connectivity index (χ3v) is 3.83. The normalized spacial score (nSPS) is 14.4. The summed E-state index contributed by atoms with van der Waals surface area (Å²) in [5.41, 5.74) is -0.445. The number of hydrogen-bond donors (Lipinski definition) is 1. The smallest absolute Gasteiger partial charge is 0.144 e. The van der Waals surface area contributed by atoms with Gasteiger partial charge >= 0.3 is 0 Å². The molecule has 0 spiro atoms. The summed E-state index contributed by atoms with van der Waals surface area (Å²) in [5.74, 6) is 0. The molecule has 0 aromatic carbocycles. The van der Waals surface area contributed by atoms with E-state index in [4.69, 9.17) is 14.2 Å². The Bertz CT molecular complexity index is 154. The average Bonchev–Trinajstić information content (AvgIpc) is 2.27. The lowest BCUT2D eigenvalue weighted by atomic mass is 10.3. The highest BCUT2D eigenvalue weighted by molar-refractivity contribution is 6.13. The maximum absolute atomic E-state index is 5.35. The molecule has 0 amide bonds. The summed E-state index contributed by atoms with van der Waals surface area (Å²) in [4.78, 5) is 0. The summed E-state index contributed by atoms with van der Waals surface area (Å²) >= 11 is 0. The lowest BCUT2D eigenvalue weighted by Gasteiger charge is -2.30. The first kappa shape index (κ1) is 15.1. The Morgan fingerprint density at radius 1 is 1.27 bits per heavy atom. The van der Waals surface area contributed by atoms with Crippen molar-refractivity contribution < 1.29 is 14.2 Å². The van der Waals surface area contributed by atoms with Gasteiger partial charge in [-0.25, -0.2) is 0 Å². The first-order valence-corrected chi connectivity index (χ1v) is 6.48. The van der Waals surface area contributed by atoms with Crippen molar-refractivity contribution in [2.45, 2.75) is 37.8 Å². The topological polar surface area (TPSA) is 39.7 Å². The number of ether oxygens (including phenoxy) is 3. The summed E-state index contributed by atoms with van der Waals surface area (Å²) < 4.78 is 16.0. The van der Waals surface area contributed by atoms with Crippen molar-refractivity contribution in [2.75, 3.05) is 27.9 Å². The molecular formula is C10H25NO3Si. The summed E-state index contributed by atoms with van der Waals surface area (Å²) in [5, 5.41) is 3.33. The lowest BCUT2D eigenvalue weighted by Crippen LogP contribution is -2.44. The third-order valence-electron chi connectivity index (χ3n) is 2.61. The van der Waals surface area contributed by atoms with Crippen LogP contribution in [0.2, 0.25) is 0 Å². The Labute approximate surface area is 96.1 Å². The fourth-order valence-electron chi connectivity index (χ4n) is 1.27. The summed E-state index contributed by atoms with van der Waals surface area (Å²) in [6, 6.07) is 0. The van der Waals surface area contributed by atoms with Crippen molar-refractivity contribution in [1.29, 1.82) is 0 Å². The van der Waals surface area contributed by atoms with Crippen LogP contribution in [-0.2, 0) is 14.2 Å². The second-order valence-electron chi connectivity index (χ2n) is 3.78. The zero-order valence-electron chi connectivity index (χ0n) is 10.6. The second-order valence-corrected chi connectivity index (χ2v) is 5.30. The Morgan fingerprint density at radius 2 is 1.87 bits per heavy atom. The van der Waals surface area contributed by atoms with Gasteiger partial charge in [0.25, 0.3) is 0 Å². The molecule has 1 N–H and O–H groups in total. The van der Waals surface area contributed by atoms with Gasteiger partial charge in [-0.05, 0) is 13.0 Å². The van der Waals surface area contributed by atoms with Crippen LogP contribution in [0.25, 0.3) is 0 Å². The molecule has 92 valence electrons. The molecule has 1 atom stereocenters. The molecule has 0 saturated heterocycles. The van der Waals surface area contributed by atoms with Gasteiger partial charge in [-0.3, -0.25) is 5.32 Å². The maximum Gasteiger partial charge on any atom is 0.144 e. The van der Waals surface area contributed by atoms with Gasteiger partial charge in [0.1, 0.15) is 11.6 Å². The lowest BCUT2D eigenvalue weighted by molar-refractivity contribution is -0.166. The summed E-state index contributed by atoms with van der Waals surface area (Å²) in [6.45, 7) is 3.14. The van der Waals surface area contributed by atoms with Gasteiger partial charge in [-0.1, -0.05) is 13.3 Å². The van der Waals surface area contributed by atoms with Crippen molar-refractivity contribution in [3.63, 3.8) is 0 Å². The molecule has 5 heteroatoms. The highest BCUT2D eigenvalue weighted by Crippen LogP contribution is 2.14. The molecule has 0 rings (SSSR count).